The minimum Gasteiger partial charge on any atom is -0.484 e. The molecule has 1 amide bonds. The van der Waals surface area contributed by atoms with E-state index in [-0.39, 0.29) is 18.3 Å². The van der Waals surface area contributed by atoms with Gasteiger partial charge in [-0.1, -0.05) is 25.6 Å². The van der Waals surface area contributed by atoms with Crippen LogP contribution in [0, 0.1) is 5.82 Å². The Morgan fingerprint density at radius 2 is 1.97 bits per heavy atom. The molecule has 10 heteroatoms. The highest BCUT2D eigenvalue weighted by molar-refractivity contribution is 7.99. The zero-order valence-corrected chi connectivity index (χ0v) is 18.5. The van der Waals surface area contributed by atoms with Gasteiger partial charge in [-0.15, -0.1) is 0 Å². The van der Waals surface area contributed by atoms with E-state index in [1.165, 1.54) is 24.3 Å². The van der Waals surface area contributed by atoms with Gasteiger partial charge in [0.05, 0.1) is 18.1 Å². The van der Waals surface area contributed by atoms with Crippen LogP contribution in [0.1, 0.15) is 26.7 Å². The van der Waals surface area contributed by atoms with Crippen molar-refractivity contribution in [1.29, 1.82) is 0 Å². The van der Waals surface area contributed by atoms with E-state index < -0.39 is 0 Å². The molecule has 0 saturated carbocycles. The van der Waals surface area contributed by atoms with E-state index in [1.54, 1.807) is 22.6 Å². The van der Waals surface area contributed by atoms with E-state index in [2.05, 4.69) is 39.5 Å². The fraction of sp³-hybridized carbons (Fsp3) is 0.429. The van der Waals surface area contributed by atoms with E-state index >= 15 is 0 Å². The van der Waals surface area contributed by atoms with Crippen LogP contribution in [-0.2, 0) is 11.3 Å². The van der Waals surface area contributed by atoms with Crippen LogP contribution in [0.2, 0.25) is 0 Å². The van der Waals surface area contributed by atoms with Gasteiger partial charge in [0.25, 0.3) is 5.91 Å². The van der Waals surface area contributed by atoms with Crippen LogP contribution < -0.4 is 15.4 Å². The zero-order valence-electron chi connectivity index (χ0n) is 17.7. The number of hydrogen-bond donors (Lipinski definition) is 2. The molecule has 2 N–H and O–H groups in total. The van der Waals surface area contributed by atoms with Crippen LogP contribution in [0.15, 0.2) is 35.6 Å². The summed E-state index contributed by atoms with van der Waals surface area (Å²) in [7, 11) is 0. The van der Waals surface area contributed by atoms with Gasteiger partial charge in [0, 0.05) is 18.8 Å². The van der Waals surface area contributed by atoms with Crippen molar-refractivity contribution in [1.82, 2.24) is 25.1 Å². The lowest BCUT2D eigenvalue weighted by Crippen LogP contribution is -2.31. The molecule has 0 spiro atoms. The van der Waals surface area contributed by atoms with Crippen molar-refractivity contribution in [3.05, 3.63) is 36.3 Å². The summed E-state index contributed by atoms with van der Waals surface area (Å²) < 4.78 is 20.0. The Balaban J connectivity index is 1.59. The van der Waals surface area contributed by atoms with Crippen molar-refractivity contribution in [3.63, 3.8) is 0 Å². The fourth-order valence-corrected chi connectivity index (χ4v) is 3.46. The van der Waals surface area contributed by atoms with Crippen LogP contribution in [0.25, 0.3) is 11.0 Å². The molecule has 2 heterocycles. The number of benzene rings is 1. The first kappa shape index (κ1) is 22.8. The summed E-state index contributed by atoms with van der Waals surface area (Å²) in [4.78, 5) is 21.3. The predicted octanol–water partition coefficient (Wildman–Crippen LogP) is 3.48. The first-order valence-corrected chi connectivity index (χ1v) is 11.3. The molecule has 0 fully saturated rings. The van der Waals surface area contributed by atoms with Gasteiger partial charge in [-0.05, 0) is 37.1 Å². The number of hydrogen-bond acceptors (Lipinski definition) is 7. The molecule has 1 aromatic carbocycles. The molecule has 31 heavy (non-hydrogen) atoms. The lowest BCUT2D eigenvalue weighted by molar-refractivity contribution is -0.123. The standard InChI is InChI=1S/C21H27FN6O2S/c1-3-9-24-19-17-13-25-28(20(17)27-21(26-19)31-12-4-2)11-10-23-18(29)14-30-16-7-5-15(22)6-8-16/h5-8,13H,3-4,9-12,14H2,1-2H3,(H,23,29)(H,24,26,27). The highest BCUT2D eigenvalue weighted by Crippen LogP contribution is 2.24. The van der Waals surface area contributed by atoms with Gasteiger partial charge < -0.3 is 15.4 Å². The van der Waals surface area contributed by atoms with Gasteiger partial charge in [-0.3, -0.25) is 4.79 Å². The maximum absolute atomic E-state index is 12.9. The van der Waals surface area contributed by atoms with Crippen LogP contribution in [0.5, 0.6) is 5.75 Å². The largest absolute Gasteiger partial charge is 0.484 e. The molecule has 2 aromatic heterocycles. The summed E-state index contributed by atoms with van der Waals surface area (Å²) in [5.41, 5.74) is 0.740. The van der Waals surface area contributed by atoms with Crippen LogP contribution >= 0.6 is 11.8 Å². The highest BCUT2D eigenvalue weighted by atomic mass is 32.2. The molecule has 8 nitrogen and oxygen atoms in total. The second-order valence-electron chi connectivity index (χ2n) is 6.83. The molecule has 0 aliphatic rings. The molecule has 0 atom stereocenters. The number of anilines is 1. The number of nitrogens with one attached hydrogen (secondary N) is 2. The van der Waals surface area contributed by atoms with Crippen LogP contribution in [0.3, 0.4) is 0 Å². The summed E-state index contributed by atoms with van der Waals surface area (Å²) in [6.45, 7) is 5.74. The molecule has 0 saturated heterocycles. The predicted molar refractivity (Wildman–Crippen MR) is 120 cm³/mol. The van der Waals surface area contributed by atoms with Crippen LogP contribution in [0.4, 0.5) is 10.2 Å². The van der Waals surface area contributed by atoms with E-state index in [0.717, 1.165) is 42.0 Å². The van der Waals surface area contributed by atoms with E-state index in [9.17, 15) is 9.18 Å². The first-order valence-electron chi connectivity index (χ1n) is 10.4. The van der Waals surface area contributed by atoms with E-state index in [1.807, 2.05) is 0 Å². The Bertz CT molecular complexity index is 995. The van der Waals surface area contributed by atoms with E-state index in [0.29, 0.717) is 24.0 Å². The second kappa shape index (κ2) is 11.5. The lowest BCUT2D eigenvalue weighted by atomic mass is 10.3. The van der Waals surface area contributed by atoms with Gasteiger partial charge in [0.2, 0.25) is 0 Å². The minimum absolute atomic E-state index is 0.142. The lowest BCUT2D eigenvalue weighted by Gasteiger charge is -2.10. The second-order valence-corrected chi connectivity index (χ2v) is 7.89. The molecule has 166 valence electrons. The number of fused-ring (bicyclic) bond motifs is 1. The number of carbonyl (C=O) groups excluding carboxylic acids is 1. The average molecular weight is 447 g/mol. The molecular formula is C21H27FN6O2S. The number of carbonyl (C=O) groups is 1. The summed E-state index contributed by atoms with van der Waals surface area (Å²) in [6.07, 6.45) is 3.78. The Kier molecular flexibility index (Phi) is 8.45. The van der Waals surface area contributed by atoms with Crippen molar-refractivity contribution in [2.45, 2.75) is 38.4 Å². The number of amides is 1. The monoisotopic (exact) mass is 446 g/mol. The van der Waals surface area contributed by atoms with Gasteiger partial charge >= 0.3 is 0 Å². The third-order valence-electron chi connectivity index (χ3n) is 4.28. The van der Waals surface area contributed by atoms with Crippen molar-refractivity contribution >= 4 is 34.5 Å². The van der Waals surface area contributed by atoms with Crippen molar-refractivity contribution < 1.29 is 13.9 Å². The Morgan fingerprint density at radius 3 is 2.71 bits per heavy atom. The third kappa shape index (κ3) is 6.55. The highest BCUT2D eigenvalue weighted by Gasteiger charge is 2.13. The number of ether oxygens (including phenoxy) is 1. The molecule has 0 aliphatic carbocycles. The summed E-state index contributed by atoms with van der Waals surface area (Å²) in [5.74, 6) is 1.55. The normalized spacial score (nSPS) is 10.9. The number of aromatic nitrogens is 4. The number of nitrogens with zero attached hydrogens (tertiary/aromatic N) is 4. The maximum Gasteiger partial charge on any atom is 0.258 e. The molecule has 3 rings (SSSR count). The number of rotatable bonds is 12. The summed E-state index contributed by atoms with van der Waals surface area (Å²) in [5, 5.41) is 12.2. The Hall–Kier alpha value is -2.88. The van der Waals surface area contributed by atoms with Crippen molar-refractivity contribution in [2.75, 3.05) is 30.8 Å². The van der Waals surface area contributed by atoms with Gasteiger partial charge in [0.1, 0.15) is 17.4 Å². The van der Waals surface area contributed by atoms with E-state index in [4.69, 9.17) is 4.74 Å². The van der Waals surface area contributed by atoms with Crippen molar-refractivity contribution in [3.8, 4) is 5.75 Å². The topological polar surface area (TPSA) is 94.0 Å². The zero-order chi connectivity index (χ0) is 22.1. The van der Waals surface area contributed by atoms with Gasteiger partial charge in [-0.25, -0.2) is 19.0 Å². The number of halogens is 1. The summed E-state index contributed by atoms with van der Waals surface area (Å²) >= 11 is 1.62. The fourth-order valence-electron chi connectivity index (χ4n) is 2.77. The smallest absolute Gasteiger partial charge is 0.258 e. The third-order valence-corrected chi connectivity index (χ3v) is 5.34. The minimum atomic E-state index is -0.351. The van der Waals surface area contributed by atoms with Gasteiger partial charge in [0.15, 0.2) is 17.4 Å². The number of thioether (sulfide) groups is 1. The molecule has 0 unspecified atom stereocenters. The van der Waals surface area contributed by atoms with Crippen LogP contribution in [-0.4, -0.2) is 51.1 Å². The molecular weight excluding hydrogens is 419 g/mol. The Morgan fingerprint density at radius 1 is 1.16 bits per heavy atom. The SMILES string of the molecule is CCCNc1nc(SCCC)nc2c1cnn2CCNC(=O)COc1ccc(F)cc1. The molecule has 3 aromatic rings. The molecule has 0 radical (unpaired) electrons. The van der Waals surface area contributed by atoms with Crippen molar-refractivity contribution in [2.24, 2.45) is 0 Å². The average Bonchev–Trinajstić information content (AvgIpc) is 3.18. The first-order chi connectivity index (χ1) is 15.1. The van der Waals surface area contributed by atoms with Gasteiger partial charge in [-0.2, -0.15) is 5.10 Å². The maximum atomic E-state index is 12.9. The Labute approximate surface area is 185 Å². The summed E-state index contributed by atoms with van der Waals surface area (Å²) in [6, 6.07) is 5.54. The molecule has 0 bridgehead atoms. The quantitative estimate of drug-likeness (QED) is 0.325. The molecule has 0 aliphatic heterocycles.